The van der Waals surface area contributed by atoms with E-state index in [4.69, 9.17) is 4.74 Å². The summed E-state index contributed by atoms with van der Waals surface area (Å²) >= 11 is 3.87. The molecular formula is C21H30N4O5S. The lowest BCUT2D eigenvalue weighted by molar-refractivity contribution is -0.128. The van der Waals surface area contributed by atoms with Crippen molar-refractivity contribution >= 4 is 35.7 Å². The molecule has 3 atom stereocenters. The fourth-order valence-corrected chi connectivity index (χ4v) is 3.46. The standard InChI is InChI=1S/C21H30N4O5S/c1-21(2,3)10-16(25-20(29)30-12-13-5-4-7-22-11-13)18(27)24-15(19(28)31)9-14-6-8-23-17(14)26/h4-5,7,11,14-16H,6,8-10,12H2,1-3H3,(H,23,26)(H,24,27)(H,25,29)(H,28,31)/t14-,15-,16-/m0/s1. The second-order valence-electron chi connectivity index (χ2n) is 8.81. The lowest BCUT2D eigenvalue weighted by Crippen LogP contribution is -2.52. The number of hydrogen-bond donors (Lipinski definition) is 4. The van der Waals surface area contributed by atoms with Crippen molar-refractivity contribution in [1.29, 1.82) is 0 Å². The Kier molecular flexibility index (Phi) is 8.85. The number of carbonyl (C=O) groups excluding carboxylic acids is 4. The van der Waals surface area contributed by atoms with Gasteiger partial charge in [-0.05, 0) is 30.7 Å². The van der Waals surface area contributed by atoms with E-state index in [1.165, 1.54) is 0 Å². The van der Waals surface area contributed by atoms with Crippen LogP contribution >= 0.6 is 12.6 Å². The summed E-state index contributed by atoms with van der Waals surface area (Å²) in [6, 6.07) is 1.64. The number of rotatable bonds is 9. The van der Waals surface area contributed by atoms with Gasteiger partial charge in [-0.15, -0.1) is 12.6 Å². The van der Waals surface area contributed by atoms with Crippen LogP contribution in [0.5, 0.6) is 0 Å². The van der Waals surface area contributed by atoms with Crippen LogP contribution in [0.25, 0.3) is 0 Å². The Balaban J connectivity index is 2.00. The van der Waals surface area contributed by atoms with Gasteiger partial charge in [-0.3, -0.25) is 19.4 Å². The van der Waals surface area contributed by atoms with Crippen LogP contribution in [-0.2, 0) is 25.7 Å². The summed E-state index contributed by atoms with van der Waals surface area (Å²) in [7, 11) is 0. The van der Waals surface area contributed by atoms with Gasteiger partial charge in [-0.1, -0.05) is 26.8 Å². The van der Waals surface area contributed by atoms with Crippen LogP contribution in [-0.4, -0.2) is 46.6 Å². The molecule has 1 fully saturated rings. The van der Waals surface area contributed by atoms with E-state index in [1.807, 2.05) is 20.8 Å². The van der Waals surface area contributed by atoms with Gasteiger partial charge >= 0.3 is 6.09 Å². The van der Waals surface area contributed by atoms with Crippen molar-refractivity contribution in [3.63, 3.8) is 0 Å². The van der Waals surface area contributed by atoms with Gasteiger partial charge < -0.3 is 20.7 Å². The number of nitrogens with zero attached hydrogens (tertiary/aromatic N) is 1. The number of amides is 3. The number of nitrogens with one attached hydrogen (secondary N) is 3. The number of ether oxygens (including phenoxy) is 1. The SMILES string of the molecule is CC(C)(C)C[C@H](NC(=O)OCc1cccnc1)C(=O)N[C@@H](C[C@@H]1CCNC1=O)C(=O)S. The zero-order valence-electron chi connectivity index (χ0n) is 18.0. The largest absolute Gasteiger partial charge is 0.445 e. The zero-order chi connectivity index (χ0) is 23.0. The minimum absolute atomic E-state index is 0.0120. The summed E-state index contributed by atoms with van der Waals surface area (Å²) in [5.41, 5.74) is 0.426. The van der Waals surface area contributed by atoms with Crippen molar-refractivity contribution in [2.75, 3.05) is 6.54 Å². The summed E-state index contributed by atoms with van der Waals surface area (Å²) in [5, 5.41) is 7.39. The van der Waals surface area contributed by atoms with E-state index in [-0.39, 0.29) is 30.3 Å². The van der Waals surface area contributed by atoms with Gasteiger partial charge in [0.2, 0.25) is 16.9 Å². The van der Waals surface area contributed by atoms with Crippen molar-refractivity contribution in [2.45, 2.75) is 58.7 Å². The molecule has 1 aromatic heterocycles. The first kappa shape index (κ1) is 24.6. The lowest BCUT2D eigenvalue weighted by atomic mass is 9.87. The maximum Gasteiger partial charge on any atom is 0.408 e. The highest BCUT2D eigenvalue weighted by Gasteiger charge is 2.33. The minimum atomic E-state index is -0.930. The van der Waals surface area contributed by atoms with Gasteiger partial charge in [0.25, 0.3) is 0 Å². The third-order valence-electron chi connectivity index (χ3n) is 4.82. The lowest BCUT2D eigenvalue weighted by Gasteiger charge is -2.27. The fourth-order valence-electron chi connectivity index (χ4n) is 3.29. The molecule has 1 aliphatic heterocycles. The van der Waals surface area contributed by atoms with Crippen LogP contribution in [0, 0.1) is 11.3 Å². The number of thiol groups is 1. The molecule has 0 unspecified atom stereocenters. The maximum atomic E-state index is 12.9. The molecule has 170 valence electrons. The molecule has 0 aliphatic carbocycles. The summed E-state index contributed by atoms with van der Waals surface area (Å²) in [5.74, 6) is -1.03. The van der Waals surface area contributed by atoms with Crippen LogP contribution in [0.2, 0.25) is 0 Å². The Bertz CT molecular complexity index is 797. The molecule has 31 heavy (non-hydrogen) atoms. The average Bonchev–Trinajstić information content (AvgIpc) is 3.09. The van der Waals surface area contributed by atoms with Crippen LogP contribution in [0.1, 0.15) is 45.6 Å². The maximum absolute atomic E-state index is 12.9. The highest BCUT2D eigenvalue weighted by Crippen LogP contribution is 2.22. The quantitative estimate of drug-likeness (QED) is 0.423. The van der Waals surface area contributed by atoms with Gasteiger partial charge in [-0.2, -0.15) is 0 Å². The van der Waals surface area contributed by atoms with Gasteiger partial charge in [-0.25, -0.2) is 4.79 Å². The highest BCUT2D eigenvalue weighted by atomic mass is 32.1. The molecule has 1 aliphatic rings. The van der Waals surface area contributed by atoms with E-state index in [2.05, 4.69) is 33.6 Å². The molecule has 1 aromatic rings. The van der Waals surface area contributed by atoms with Crippen molar-refractivity contribution in [1.82, 2.24) is 20.9 Å². The highest BCUT2D eigenvalue weighted by molar-refractivity contribution is 7.96. The van der Waals surface area contributed by atoms with E-state index < -0.39 is 29.2 Å². The van der Waals surface area contributed by atoms with Gasteiger partial charge in [0, 0.05) is 30.4 Å². The van der Waals surface area contributed by atoms with Crippen molar-refractivity contribution < 1.29 is 23.9 Å². The van der Waals surface area contributed by atoms with Crippen molar-refractivity contribution in [3.05, 3.63) is 30.1 Å². The molecule has 0 radical (unpaired) electrons. The second-order valence-corrected chi connectivity index (χ2v) is 9.25. The van der Waals surface area contributed by atoms with Crippen molar-refractivity contribution in [3.8, 4) is 0 Å². The molecule has 0 aromatic carbocycles. The first-order valence-electron chi connectivity index (χ1n) is 10.2. The summed E-state index contributed by atoms with van der Waals surface area (Å²) in [6.45, 7) is 6.35. The molecule has 0 saturated carbocycles. The van der Waals surface area contributed by atoms with Crippen LogP contribution < -0.4 is 16.0 Å². The minimum Gasteiger partial charge on any atom is -0.445 e. The fraction of sp³-hybridized carbons (Fsp3) is 0.571. The topological polar surface area (TPSA) is 126 Å². The monoisotopic (exact) mass is 450 g/mol. The van der Waals surface area contributed by atoms with E-state index in [0.717, 1.165) is 0 Å². The molecule has 2 heterocycles. The van der Waals surface area contributed by atoms with Gasteiger partial charge in [0.1, 0.15) is 12.6 Å². The molecule has 2 rings (SSSR count). The summed E-state index contributed by atoms with van der Waals surface area (Å²) < 4.78 is 5.19. The molecule has 3 amide bonds. The smallest absolute Gasteiger partial charge is 0.408 e. The first-order valence-corrected chi connectivity index (χ1v) is 10.6. The van der Waals surface area contributed by atoms with E-state index in [0.29, 0.717) is 24.9 Å². The molecule has 3 N–H and O–H groups in total. The number of aromatic nitrogens is 1. The third kappa shape index (κ3) is 8.56. The van der Waals surface area contributed by atoms with E-state index >= 15 is 0 Å². The molecule has 0 bridgehead atoms. The van der Waals surface area contributed by atoms with Crippen LogP contribution in [0.4, 0.5) is 4.79 Å². The Hall–Kier alpha value is -2.62. The average molecular weight is 451 g/mol. The van der Waals surface area contributed by atoms with Crippen molar-refractivity contribution in [2.24, 2.45) is 11.3 Å². The molecule has 10 heteroatoms. The molecule has 0 spiro atoms. The number of pyridine rings is 1. The Morgan fingerprint density at radius 3 is 2.58 bits per heavy atom. The number of alkyl carbamates (subject to hydrolysis) is 1. The first-order chi connectivity index (χ1) is 14.5. The summed E-state index contributed by atoms with van der Waals surface area (Å²) in [4.78, 5) is 53.0. The third-order valence-corrected chi connectivity index (χ3v) is 5.13. The summed E-state index contributed by atoms with van der Waals surface area (Å²) in [6.07, 6.45) is 3.51. The zero-order valence-corrected chi connectivity index (χ0v) is 18.9. The predicted molar refractivity (Wildman–Crippen MR) is 117 cm³/mol. The molecular weight excluding hydrogens is 420 g/mol. The Morgan fingerprint density at radius 2 is 2.03 bits per heavy atom. The molecule has 9 nitrogen and oxygen atoms in total. The predicted octanol–water partition coefficient (Wildman–Crippen LogP) is 1.58. The second kappa shape index (κ2) is 11.1. The number of carbonyl (C=O) groups is 4. The van der Waals surface area contributed by atoms with Crippen LogP contribution in [0.3, 0.4) is 0 Å². The van der Waals surface area contributed by atoms with E-state index in [1.54, 1.807) is 24.5 Å². The van der Waals surface area contributed by atoms with Crippen LogP contribution in [0.15, 0.2) is 24.5 Å². The van der Waals surface area contributed by atoms with E-state index in [9.17, 15) is 19.2 Å². The Labute approximate surface area is 187 Å². The Morgan fingerprint density at radius 1 is 1.29 bits per heavy atom. The molecule has 1 saturated heterocycles. The van der Waals surface area contributed by atoms with Gasteiger partial charge in [0.15, 0.2) is 0 Å². The van der Waals surface area contributed by atoms with Gasteiger partial charge in [0.05, 0.1) is 6.04 Å². The normalized spacial score (nSPS) is 17.9. The number of hydrogen-bond acceptors (Lipinski definition) is 6.